The van der Waals surface area contributed by atoms with Gasteiger partial charge in [-0.3, -0.25) is 0 Å². The first-order chi connectivity index (χ1) is 6.16. The fraction of sp³-hybridized carbons (Fsp3) is 0.200. The van der Waals surface area contributed by atoms with Crippen LogP contribution in [0.15, 0.2) is 24.3 Å². The number of nitriles is 1. The number of hydrogen-bond acceptors (Lipinski definition) is 2. The van der Waals surface area contributed by atoms with Gasteiger partial charge in [0, 0.05) is 0 Å². The molecule has 0 saturated carbocycles. The van der Waals surface area contributed by atoms with Crippen LogP contribution in [0, 0.1) is 11.3 Å². The standard InChI is InChI=1S/C10H9NO2/c1-7(6-11)8-4-2-3-5-9(8)10(12)13/h2-5,7H,1H3,(H,12,13). The first-order valence-electron chi connectivity index (χ1n) is 3.88. The predicted octanol–water partition coefficient (Wildman–Crippen LogP) is 2.01. The summed E-state index contributed by atoms with van der Waals surface area (Å²) in [5, 5.41) is 17.5. The van der Waals surface area contributed by atoms with E-state index in [4.69, 9.17) is 10.4 Å². The molecule has 1 unspecified atom stereocenters. The van der Waals surface area contributed by atoms with E-state index in [0.29, 0.717) is 5.56 Å². The molecule has 3 heteroatoms. The highest BCUT2D eigenvalue weighted by Crippen LogP contribution is 2.18. The summed E-state index contributed by atoms with van der Waals surface area (Å²) in [5.41, 5.74) is 0.772. The molecule has 0 heterocycles. The lowest BCUT2D eigenvalue weighted by molar-refractivity contribution is 0.0695. The van der Waals surface area contributed by atoms with Gasteiger partial charge in [0.05, 0.1) is 17.6 Å². The Hall–Kier alpha value is -1.82. The van der Waals surface area contributed by atoms with Crippen LogP contribution >= 0.6 is 0 Å². The van der Waals surface area contributed by atoms with Crippen LogP contribution in [0.1, 0.15) is 28.8 Å². The smallest absolute Gasteiger partial charge is 0.336 e. The molecule has 13 heavy (non-hydrogen) atoms. The lowest BCUT2D eigenvalue weighted by atomic mass is 9.97. The van der Waals surface area contributed by atoms with Crippen LogP contribution in [0.3, 0.4) is 0 Å². The third-order valence-corrected chi connectivity index (χ3v) is 1.85. The molecule has 0 saturated heterocycles. The molecule has 0 spiro atoms. The number of rotatable bonds is 2. The summed E-state index contributed by atoms with van der Waals surface area (Å²) in [6.45, 7) is 1.68. The second-order valence-corrected chi connectivity index (χ2v) is 2.74. The Morgan fingerprint density at radius 1 is 1.54 bits per heavy atom. The quantitative estimate of drug-likeness (QED) is 0.747. The van der Waals surface area contributed by atoms with Crippen molar-refractivity contribution in [3.63, 3.8) is 0 Å². The van der Waals surface area contributed by atoms with E-state index < -0.39 is 5.97 Å². The molecule has 0 bridgehead atoms. The molecule has 1 aromatic rings. The van der Waals surface area contributed by atoms with Gasteiger partial charge in [0.2, 0.25) is 0 Å². The third kappa shape index (κ3) is 1.85. The SMILES string of the molecule is CC(C#N)c1ccccc1C(=O)O. The lowest BCUT2D eigenvalue weighted by Gasteiger charge is -2.05. The molecule has 0 aliphatic heterocycles. The minimum absolute atomic E-state index is 0.205. The van der Waals surface area contributed by atoms with Gasteiger partial charge in [-0.2, -0.15) is 5.26 Å². The predicted molar refractivity (Wildman–Crippen MR) is 47.4 cm³/mol. The van der Waals surface area contributed by atoms with Crippen LogP contribution in [-0.2, 0) is 0 Å². The molecule has 1 aromatic carbocycles. The zero-order valence-corrected chi connectivity index (χ0v) is 7.19. The van der Waals surface area contributed by atoms with Crippen LogP contribution in [0.5, 0.6) is 0 Å². The highest BCUT2D eigenvalue weighted by atomic mass is 16.4. The van der Waals surface area contributed by atoms with Gasteiger partial charge >= 0.3 is 5.97 Å². The fourth-order valence-corrected chi connectivity index (χ4v) is 1.14. The topological polar surface area (TPSA) is 61.1 Å². The van der Waals surface area contributed by atoms with Gasteiger partial charge < -0.3 is 5.11 Å². The average Bonchev–Trinajstić information content (AvgIpc) is 2.16. The molecule has 66 valence electrons. The third-order valence-electron chi connectivity index (χ3n) is 1.85. The van der Waals surface area contributed by atoms with Gasteiger partial charge in [0.15, 0.2) is 0 Å². The van der Waals surface area contributed by atoms with Crippen molar-refractivity contribution < 1.29 is 9.90 Å². The number of carboxylic acids is 1. The van der Waals surface area contributed by atoms with Gasteiger partial charge in [-0.15, -0.1) is 0 Å². The molecule has 0 fully saturated rings. The van der Waals surface area contributed by atoms with E-state index in [-0.39, 0.29) is 11.5 Å². The van der Waals surface area contributed by atoms with Crippen molar-refractivity contribution in [3.8, 4) is 6.07 Å². The van der Waals surface area contributed by atoms with E-state index in [0.717, 1.165) is 0 Å². The largest absolute Gasteiger partial charge is 0.478 e. The molecule has 0 aliphatic rings. The van der Waals surface area contributed by atoms with E-state index >= 15 is 0 Å². The first-order valence-corrected chi connectivity index (χ1v) is 3.88. The highest BCUT2D eigenvalue weighted by molar-refractivity contribution is 5.89. The fourth-order valence-electron chi connectivity index (χ4n) is 1.14. The van der Waals surface area contributed by atoms with Gasteiger partial charge in [0.25, 0.3) is 0 Å². The average molecular weight is 175 g/mol. The maximum absolute atomic E-state index is 10.7. The zero-order chi connectivity index (χ0) is 9.84. The molecule has 0 aliphatic carbocycles. The van der Waals surface area contributed by atoms with Crippen LogP contribution in [0.25, 0.3) is 0 Å². The molecular formula is C10H9NO2. The first kappa shape index (κ1) is 9.27. The monoisotopic (exact) mass is 175 g/mol. The molecule has 1 N–H and O–H groups in total. The Bertz CT molecular complexity index is 365. The van der Waals surface area contributed by atoms with Crippen molar-refractivity contribution in [3.05, 3.63) is 35.4 Å². The summed E-state index contributed by atoms with van der Waals surface area (Å²) in [6, 6.07) is 8.56. The van der Waals surface area contributed by atoms with Crippen LogP contribution < -0.4 is 0 Å². The molecule has 3 nitrogen and oxygen atoms in total. The second kappa shape index (κ2) is 3.72. The Morgan fingerprint density at radius 2 is 2.15 bits per heavy atom. The van der Waals surface area contributed by atoms with Crippen molar-refractivity contribution in [1.82, 2.24) is 0 Å². The number of carboxylic acid groups (broad SMARTS) is 1. The number of hydrogen-bond donors (Lipinski definition) is 1. The van der Waals surface area contributed by atoms with Crippen molar-refractivity contribution in [1.29, 1.82) is 5.26 Å². The number of aromatic carboxylic acids is 1. The van der Waals surface area contributed by atoms with Crippen molar-refractivity contribution >= 4 is 5.97 Å². The lowest BCUT2D eigenvalue weighted by Crippen LogP contribution is -2.03. The molecule has 1 atom stereocenters. The minimum atomic E-state index is -0.988. The summed E-state index contributed by atoms with van der Waals surface area (Å²) in [6.07, 6.45) is 0. The van der Waals surface area contributed by atoms with Gasteiger partial charge in [-0.25, -0.2) is 4.79 Å². The van der Waals surface area contributed by atoms with E-state index in [2.05, 4.69) is 0 Å². The van der Waals surface area contributed by atoms with Crippen LogP contribution in [0.4, 0.5) is 0 Å². The van der Waals surface area contributed by atoms with Gasteiger partial charge in [-0.1, -0.05) is 18.2 Å². The summed E-state index contributed by atoms with van der Waals surface area (Å²) in [5.74, 6) is -1.37. The maximum Gasteiger partial charge on any atom is 0.336 e. The van der Waals surface area contributed by atoms with E-state index in [1.165, 1.54) is 6.07 Å². The Morgan fingerprint density at radius 3 is 2.69 bits per heavy atom. The number of carbonyl (C=O) groups is 1. The Kier molecular flexibility index (Phi) is 2.65. The normalized spacial score (nSPS) is 11.7. The highest BCUT2D eigenvalue weighted by Gasteiger charge is 2.13. The number of benzene rings is 1. The molecule has 1 rings (SSSR count). The Labute approximate surface area is 76.2 Å². The second-order valence-electron chi connectivity index (χ2n) is 2.74. The minimum Gasteiger partial charge on any atom is -0.478 e. The Balaban J connectivity index is 3.21. The van der Waals surface area contributed by atoms with Crippen molar-refractivity contribution in [2.75, 3.05) is 0 Å². The van der Waals surface area contributed by atoms with E-state index in [1.54, 1.807) is 25.1 Å². The summed E-state index contributed by atoms with van der Waals surface area (Å²) >= 11 is 0. The van der Waals surface area contributed by atoms with Crippen LogP contribution in [-0.4, -0.2) is 11.1 Å². The summed E-state index contributed by atoms with van der Waals surface area (Å²) in [7, 11) is 0. The molecule has 0 aromatic heterocycles. The van der Waals surface area contributed by atoms with Crippen molar-refractivity contribution in [2.24, 2.45) is 0 Å². The molecule has 0 amide bonds. The van der Waals surface area contributed by atoms with E-state index in [9.17, 15) is 4.79 Å². The van der Waals surface area contributed by atoms with E-state index in [1.807, 2.05) is 6.07 Å². The molecular weight excluding hydrogens is 166 g/mol. The zero-order valence-electron chi connectivity index (χ0n) is 7.19. The maximum atomic E-state index is 10.7. The van der Waals surface area contributed by atoms with Crippen molar-refractivity contribution in [2.45, 2.75) is 12.8 Å². The van der Waals surface area contributed by atoms with Gasteiger partial charge in [-0.05, 0) is 18.6 Å². The van der Waals surface area contributed by atoms with Crippen LogP contribution in [0.2, 0.25) is 0 Å². The molecule has 0 radical (unpaired) electrons. The number of nitrogens with zero attached hydrogens (tertiary/aromatic N) is 1. The summed E-state index contributed by atoms with van der Waals surface area (Å²) < 4.78 is 0. The summed E-state index contributed by atoms with van der Waals surface area (Å²) in [4.78, 5) is 10.7. The van der Waals surface area contributed by atoms with Gasteiger partial charge in [0.1, 0.15) is 0 Å².